The highest BCUT2D eigenvalue weighted by atomic mass is 16.4. The minimum absolute atomic E-state index is 0.0475. The van der Waals surface area contributed by atoms with Gasteiger partial charge in [-0.15, -0.1) is 0 Å². The van der Waals surface area contributed by atoms with Gasteiger partial charge in [-0.2, -0.15) is 0 Å². The molecule has 15 heavy (non-hydrogen) atoms. The Kier molecular flexibility index (Phi) is 3.01. The maximum atomic E-state index is 10.6. The summed E-state index contributed by atoms with van der Waals surface area (Å²) in [4.78, 5) is 14.5. The second-order valence-electron chi connectivity index (χ2n) is 3.87. The Hall–Kier alpha value is -1.36. The number of hydrogen-bond acceptors (Lipinski definition) is 4. The molecule has 0 aliphatic carbocycles. The Bertz CT molecular complexity index is 323. The van der Waals surface area contributed by atoms with E-state index in [1.165, 1.54) is 6.39 Å². The standard InChI is InChI=1S/C10H14N2O3/c13-10(14)4-8-3-7(1-2-12-8)9-5-11-6-15-9/h5-8,12H,1-4H2,(H,13,14). The fourth-order valence-corrected chi connectivity index (χ4v) is 2.06. The van der Waals surface area contributed by atoms with Crippen LogP contribution in [0, 0.1) is 0 Å². The summed E-state index contributed by atoms with van der Waals surface area (Å²) >= 11 is 0. The van der Waals surface area contributed by atoms with E-state index in [-0.39, 0.29) is 12.5 Å². The second kappa shape index (κ2) is 4.44. The third-order valence-corrected chi connectivity index (χ3v) is 2.77. The van der Waals surface area contributed by atoms with Crippen molar-refractivity contribution in [2.45, 2.75) is 31.2 Å². The average molecular weight is 210 g/mol. The lowest BCUT2D eigenvalue weighted by molar-refractivity contribution is -0.137. The molecule has 1 fully saturated rings. The van der Waals surface area contributed by atoms with Gasteiger partial charge in [-0.05, 0) is 19.4 Å². The van der Waals surface area contributed by atoms with Gasteiger partial charge in [0.05, 0.1) is 12.6 Å². The minimum Gasteiger partial charge on any atom is -0.481 e. The highest BCUT2D eigenvalue weighted by Gasteiger charge is 2.26. The monoisotopic (exact) mass is 210 g/mol. The van der Waals surface area contributed by atoms with Crippen LogP contribution >= 0.6 is 0 Å². The van der Waals surface area contributed by atoms with Crippen molar-refractivity contribution >= 4 is 5.97 Å². The van der Waals surface area contributed by atoms with Crippen LogP contribution in [0.2, 0.25) is 0 Å². The fourth-order valence-electron chi connectivity index (χ4n) is 2.06. The van der Waals surface area contributed by atoms with E-state index in [0.29, 0.717) is 5.92 Å². The van der Waals surface area contributed by atoms with Gasteiger partial charge in [0.2, 0.25) is 0 Å². The highest BCUT2D eigenvalue weighted by molar-refractivity contribution is 5.67. The molecule has 5 nitrogen and oxygen atoms in total. The van der Waals surface area contributed by atoms with Gasteiger partial charge < -0.3 is 14.8 Å². The molecule has 0 amide bonds. The predicted molar refractivity (Wildman–Crippen MR) is 52.5 cm³/mol. The van der Waals surface area contributed by atoms with Crippen molar-refractivity contribution in [1.29, 1.82) is 0 Å². The lowest BCUT2D eigenvalue weighted by atomic mass is 9.89. The van der Waals surface area contributed by atoms with Gasteiger partial charge in [0.15, 0.2) is 6.39 Å². The maximum absolute atomic E-state index is 10.6. The molecule has 0 radical (unpaired) electrons. The number of aromatic nitrogens is 1. The Morgan fingerprint density at radius 3 is 3.27 bits per heavy atom. The molecule has 0 saturated carbocycles. The summed E-state index contributed by atoms with van der Waals surface area (Å²) in [5, 5.41) is 11.9. The molecule has 0 aromatic carbocycles. The molecule has 1 aromatic rings. The third-order valence-electron chi connectivity index (χ3n) is 2.77. The number of carbonyl (C=O) groups is 1. The van der Waals surface area contributed by atoms with Crippen LogP contribution in [0.5, 0.6) is 0 Å². The predicted octanol–water partition coefficient (Wildman–Crippen LogP) is 0.985. The molecule has 1 aromatic heterocycles. The van der Waals surface area contributed by atoms with Gasteiger partial charge in [0.25, 0.3) is 0 Å². The minimum atomic E-state index is -0.759. The highest BCUT2D eigenvalue weighted by Crippen LogP contribution is 2.28. The number of nitrogens with zero attached hydrogens (tertiary/aromatic N) is 1. The van der Waals surface area contributed by atoms with Gasteiger partial charge in [-0.25, -0.2) is 4.98 Å². The van der Waals surface area contributed by atoms with Gasteiger partial charge >= 0.3 is 5.97 Å². The molecule has 0 spiro atoms. The molecule has 2 unspecified atom stereocenters. The van der Waals surface area contributed by atoms with Crippen molar-refractivity contribution in [2.24, 2.45) is 0 Å². The number of aliphatic carboxylic acids is 1. The zero-order valence-corrected chi connectivity index (χ0v) is 8.35. The zero-order chi connectivity index (χ0) is 10.7. The quantitative estimate of drug-likeness (QED) is 0.778. The number of oxazole rings is 1. The second-order valence-corrected chi connectivity index (χ2v) is 3.87. The number of nitrogens with one attached hydrogen (secondary N) is 1. The van der Waals surface area contributed by atoms with Crippen LogP contribution in [0.25, 0.3) is 0 Å². The van der Waals surface area contributed by atoms with Crippen LogP contribution in [0.4, 0.5) is 0 Å². The van der Waals surface area contributed by atoms with Crippen LogP contribution < -0.4 is 5.32 Å². The Labute approximate surface area is 87.5 Å². The van der Waals surface area contributed by atoms with Crippen molar-refractivity contribution in [2.75, 3.05) is 6.54 Å². The van der Waals surface area contributed by atoms with Gasteiger partial charge in [0.1, 0.15) is 5.76 Å². The number of carboxylic acids is 1. The molecule has 0 bridgehead atoms. The first-order chi connectivity index (χ1) is 7.25. The molecule has 2 heterocycles. The molecular formula is C10H14N2O3. The summed E-state index contributed by atoms with van der Waals surface area (Å²) in [6.45, 7) is 0.837. The van der Waals surface area contributed by atoms with Crippen molar-refractivity contribution < 1.29 is 14.3 Å². The van der Waals surface area contributed by atoms with E-state index in [1.54, 1.807) is 6.20 Å². The average Bonchev–Trinajstić information content (AvgIpc) is 2.69. The Balaban J connectivity index is 1.95. The maximum Gasteiger partial charge on any atom is 0.304 e. The molecule has 2 N–H and O–H groups in total. The fraction of sp³-hybridized carbons (Fsp3) is 0.600. The number of rotatable bonds is 3. The molecule has 1 aliphatic rings. The number of carboxylic acid groups (broad SMARTS) is 1. The van der Waals surface area contributed by atoms with Gasteiger partial charge in [0, 0.05) is 12.0 Å². The summed E-state index contributed by atoms with van der Waals surface area (Å²) < 4.78 is 5.24. The third kappa shape index (κ3) is 2.56. The van der Waals surface area contributed by atoms with Gasteiger partial charge in [-0.1, -0.05) is 0 Å². The Morgan fingerprint density at radius 2 is 2.60 bits per heavy atom. The van der Waals surface area contributed by atoms with Crippen LogP contribution in [-0.4, -0.2) is 28.6 Å². The van der Waals surface area contributed by atoms with E-state index in [4.69, 9.17) is 9.52 Å². The molecule has 1 saturated heterocycles. The van der Waals surface area contributed by atoms with Crippen LogP contribution in [-0.2, 0) is 4.79 Å². The molecule has 1 aliphatic heterocycles. The molecule has 5 heteroatoms. The van der Waals surface area contributed by atoms with Crippen molar-refractivity contribution in [1.82, 2.24) is 10.3 Å². The normalized spacial score (nSPS) is 26.4. The lowest BCUT2D eigenvalue weighted by Crippen LogP contribution is -2.38. The largest absolute Gasteiger partial charge is 0.481 e. The molecule has 2 atom stereocenters. The smallest absolute Gasteiger partial charge is 0.304 e. The summed E-state index contributed by atoms with van der Waals surface area (Å²) in [6.07, 6.45) is 5.09. The van der Waals surface area contributed by atoms with Crippen LogP contribution in [0.1, 0.15) is 30.9 Å². The summed E-state index contributed by atoms with van der Waals surface area (Å²) in [7, 11) is 0. The zero-order valence-electron chi connectivity index (χ0n) is 8.35. The van der Waals surface area contributed by atoms with Crippen LogP contribution in [0.3, 0.4) is 0 Å². The van der Waals surface area contributed by atoms with E-state index < -0.39 is 5.97 Å². The van der Waals surface area contributed by atoms with E-state index >= 15 is 0 Å². The number of piperidine rings is 1. The van der Waals surface area contributed by atoms with Crippen LogP contribution in [0.15, 0.2) is 17.0 Å². The van der Waals surface area contributed by atoms with E-state index in [9.17, 15) is 4.79 Å². The summed E-state index contributed by atoms with van der Waals surface area (Å²) in [6, 6.07) is 0.0475. The molecule has 2 rings (SSSR count). The molecule has 82 valence electrons. The van der Waals surface area contributed by atoms with E-state index in [2.05, 4.69) is 10.3 Å². The SMILES string of the molecule is O=C(O)CC1CC(c2cnco2)CCN1. The van der Waals surface area contributed by atoms with E-state index in [0.717, 1.165) is 25.1 Å². The van der Waals surface area contributed by atoms with E-state index in [1.807, 2.05) is 0 Å². The van der Waals surface area contributed by atoms with Crippen molar-refractivity contribution in [3.63, 3.8) is 0 Å². The first-order valence-electron chi connectivity index (χ1n) is 5.09. The van der Waals surface area contributed by atoms with Crippen molar-refractivity contribution in [3.05, 3.63) is 18.4 Å². The van der Waals surface area contributed by atoms with Gasteiger partial charge in [-0.3, -0.25) is 4.79 Å². The first-order valence-corrected chi connectivity index (χ1v) is 5.09. The first kappa shape index (κ1) is 10.2. The van der Waals surface area contributed by atoms with Crippen molar-refractivity contribution in [3.8, 4) is 0 Å². The summed E-state index contributed by atoms with van der Waals surface area (Å²) in [5.41, 5.74) is 0. The lowest BCUT2D eigenvalue weighted by Gasteiger charge is -2.27. The Morgan fingerprint density at radius 1 is 1.73 bits per heavy atom. The topological polar surface area (TPSA) is 75.4 Å². The molecular weight excluding hydrogens is 196 g/mol. The summed E-state index contributed by atoms with van der Waals surface area (Å²) in [5.74, 6) is 0.413. The number of hydrogen-bond donors (Lipinski definition) is 2.